The molecule has 0 fully saturated rings. The van der Waals surface area contributed by atoms with Crippen LogP contribution in [0.2, 0.25) is 10.0 Å². The molecule has 1 aromatic heterocycles. The summed E-state index contributed by atoms with van der Waals surface area (Å²) in [6.07, 6.45) is -2.36. The predicted molar refractivity (Wildman–Crippen MR) is 112 cm³/mol. The number of carbonyl (C=O) groups is 1. The van der Waals surface area contributed by atoms with Crippen molar-refractivity contribution in [1.82, 2.24) is 4.98 Å². The topological polar surface area (TPSA) is 60.5 Å². The molecule has 0 unspecified atom stereocenters. The number of anilines is 1. The zero-order valence-corrected chi connectivity index (χ0v) is 17.7. The Balaban J connectivity index is 0.00000132. The summed E-state index contributed by atoms with van der Waals surface area (Å²) in [7, 11) is 0. The molecule has 0 saturated carbocycles. The highest BCUT2D eigenvalue weighted by Gasteiger charge is 2.43. The van der Waals surface area contributed by atoms with Crippen LogP contribution in [0.25, 0.3) is 11.1 Å². The fraction of sp³-hybridized carbons (Fsp3) is 0.143. The van der Waals surface area contributed by atoms with Gasteiger partial charge in [0, 0.05) is 23.4 Å². The van der Waals surface area contributed by atoms with Crippen molar-refractivity contribution in [3.63, 3.8) is 0 Å². The van der Waals surface area contributed by atoms with Crippen molar-refractivity contribution in [1.29, 1.82) is 0 Å². The van der Waals surface area contributed by atoms with Crippen LogP contribution in [-0.4, -0.2) is 17.2 Å². The number of amides is 1. The molecule has 2 heterocycles. The highest BCUT2D eigenvalue weighted by Crippen LogP contribution is 2.46. The van der Waals surface area contributed by atoms with Gasteiger partial charge in [0.15, 0.2) is 11.5 Å². The summed E-state index contributed by atoms with van der Waals surface area (Å²) in [6, 6.07) is 8.99. The SMILES string of the molecule is CC.O=C(Nc1ccc(-c2cc3c(cc2Cl)OC(F)(F)O3)cn1)c1ccc(F)cc1Cl. The molecule has 0 bridgehead atoms. The number of hydrogen-bond acceptors (Lipinski definition) is 4. The van der Waals surface area contributed by atoms with E-state index in [1.54, 1.807) is 6.07 Å². The molecule has 0 radical (unpaired) electrons. The summed E-state index contributed by atoms with van der Waals surface area (Å²) >= 11 is 12.0. The third-order valence-electron chi connectivity index (χ3n) is 3.98. The van der Waals surface area contributed by atoms with Gasteiger partial charge in [0.25, 0.3) is 5.91 Å². The Bertz CT molecular complexity index is 1130. The Morgan fingerprint density at radius 2 is 1.68 bits per heavy atom. The molecule has 1 amide bonds. The second kappa shape index (κ2) is 9.03. The van der Waals surface area contributed by atoms with Gasteiger partial charge in [-0.15, -0.1) is 8.78 Å². The quantitative estimate of drug-likeness (QED) is 0.457. The Labute approximate surface area is 185 Å². The predicted octanol–water partition coefficient (Wildman–Crippen LogP) is 6.79. The van der Waals surface area contributed by atoms with Gasteiger partial charge >= 0.3 is 6.29 Å². The fourth-order valence-corrected chi connectivity index (χ4v) is 3.19. The van der Waals surface area contributed by atoms with Gasteiger partial charge < -0.3 is 14.8 Å². The molecule has 4 rings (SSSR count). The lowest BCUT2D eigenvalue weighted by Crippen LogP contribution is -2.25. The number of fused-ring (bicyclic) bond motifs is 1. The first kappa shape index (κ1) is 22.7. The number of hydrogen-bond donors (Lipinski definition) is 1. The van der Waals surface area contributed by atoms with Crippen LogP contribution in [-0.2, 0) is 0 Å². The molecule has 0 aliphatic carbocycles. The van der Waals surface area contributed by atoms with Crippen LogP contribution < -0.4 is 14.8 Å². The number of aromatic nitrogens is 1. The Morgan fingerprint density at radius 3 is 2.29 bits per heavy atom. The maximum Gasteiger partial charge on any atom is 0.586 e. The maximum atomic E-state index is 13.2. The second-order valence-electron chi connectivity index (χ2n) is 5.96. The molecule has 3 aromatic rings. The third-order valence-corrected chi connectivity index (χ3v) is 4.61. The summed E-state index contributed by atoms with van der Waals surface area (Å²) in [5.41, 5.74) is 0.965. The zero-order chi connectivity index (χ0) is 22.8. The Hall–Kier alpha value is -2.97. The number of nitrogens with zero attached hydrogens (tertiary/aromatic N) is 1. The van der Waals surface area contributed by atoms with E-state index in [9.17, 15) is 18.0 Å². The molecule has 5 nitrogen and oxygen atoms in total. The van der Waals surface area contributed by atoms with Gasteiger partial charge in [-0.3, -0.25) is 4.79 Å². The van der Waals surface area contributed by atoms with E-state index < -0.39 is 18.0 Å². The highest BCUT2D eigenvalue weighted by molar-refractivity contribution is 6.34. The average molecular weight is 471 g/mol. The van der Waals surface area contributed by atoms with Crippen LogP contribution in [0.5, 0.6) is 11.5 Å². The first-order valence-corrected chi connectivity index (χ1v) is 9.80. The second-order valence-corrected chi connectivity index (χ2v) is 6.77. The minimum Gasteiger partial charge on any atom is -0.395 e. The molecule has 10 heteroatoms. The number of rotatable bonds is 3. The van der Waals surface area contributed by atoms with Gasteiger partial charge in [-0.2, -0.15) is 0 Å². The minimum atomic E-state index is -3.75. The Morgan fingerprint density at radius 1 is 1.00 bits per heavy atom. The van der Waals surface area contributed by atoms with Crippen LogP contribution in [0, 0.1) is 5.82 Å². The number of carbonyl (C=O) groups excluding carboxylic acids is 1. The molecular formula is C21H15Cl2F3N2O3. The van der Waals surface area contributed by atoms with Gasteiger partial charge in [0.2, 0.25) is 0 Å². The van der Waals surface area contributed by atoms with E-state index in [0.717, 1.165) is 12.1 Å². The lowest BCUT2D eigenvalue weighted by Gasteiger charge is -2.09. The van der Waals surface area contributed by atoms with E-state index in [-0.39, 0.29) is 32.9 Å². The standard InChI is InChI=1S/C19H9Cl2F3N2O3.C2H6/c20-13-5-10(22)2-3-11(13)18(27)26-17-4-1-9(8-25-17)12-6-15-16(7-14(12)21)29-19(23,24)28-15;1-2/h1-8H,(H,25,26,27);1-2H3. The van der Waals surface area contributed by atoms with Crippen LogP contribution >= 0.6 is 23.2 Å². The largest absolute Gasteiger partial charge is 0.586 e. The van der Waals surface area contributed by atoms with E-state index in [1.165, 1.54) is 30.5 Å². The summed E-state index contributed by atoms with van der Waals surface area (Å²) in [5, 5.41) is 2.65. The lowest BCUT2D eigenvalue weighted by molar-refractivity contribution is -0.286. The number of benzene rings is 2. The van der Waals surface area contributed by atoms with Crippen LogP contribution in [0.15, 0.2) is 48.7 Å². The molecule has 162 valence electrons. The first-order valence-electron chi connectivity index (χ1n) is 9.04. The molecular weight excluding hydrogens is 456 g/mol. The smallest absolute Gasteiger partial charge is 0.395 e. The van der Waals surface area contributed by atoms with E-state index in [1.807, 2.05) is 13.8 Å². The van der Waals surface area contributed by atoms with Crippen LogP contribution in [0.3, 0.4) is 0 Å². The molecule has 0 atom stereocenters. The first-order chi connectivity index (χ1) is 14.7. The molecule has 2 aromatic carbocycles. The monoisotopic (exact) mass is 470 g/mol. The van der Waals surface area contributed by atoms with Crippen molar-refractivity contribution >= 4 is 34.9 Å². The van der Waals surface area contributed by atoms with Crippen molar-refractivity contribution in [3.05, 3.63) is 70.1 Å². The number of nitrogens with one attached hydrogen (secondary N) is 1. The summed E-state index contributed by atoms with van der Waals surface area (Å²) < 4.78 is 48.3. The van der Waals surface area contributed by atoms with Crippen molar-refractivity contribution in [2.45, 2.75) is 20.1 Å². The fourth-order valence-electron chi connectivity index (χ4n) is 2.68. The van der Waals surface area contributed by atoms with E-state index in [0.29, 0.717) is 11.1 Å². The molecule has 1 aliphatic rings. The molecule has 1 N–H and O–H groups in total. The number of pyridine rings is 1. The van der Waals surface area contributed by atoms with Crippen molar-refractivity contribution in [2.24, 2.45) is 0 Å². The van der Waals surface area contributed by atoms with Gasteiger partial charge in [-0.25, -0.2) is 9.37 Å². The molecule has 0 spiro atoms. The number of halogens is 5. The van der Waals surface area contributed by atoms with Crippen LogP contribution in [0.4, 0.5) is 19.0 Å². The van der Waals surface area contributed by atoms with Crippen LogP contribution in [0.1, 0.15) is 24.2 Å². The highest BCUT2D eigenvalue weighted by atomic mass is 35.5. The third kappa shape index (κ3) is 5.03. The summed E-state index contributed by atoms with van der Waals surface area (Å²) in [5.74, 6) is -1.26. The molecule has 31 heavy (non-hydrogen) atoms. The number of alkyl halides is 2. The van der Waals surface area contributed by atoms with Gasteiger partial charge in [-0.1, -0.05) is 37.0 Å². The lowest BCUT2D eigenvalue weighted by atomic mass is 10.1. The average Bonchev–Trinajstić information content (AvgIpc) is 3.02. The summed E-state index contributed by atoms with van der Waals surface area (Å²) in [4.78, 5) is 16.4. The van der Waals surface area contributed by atoms with E-state index in [4.69, 9.17) is 23.2 Å². The van der Waals surface area contributed by atoms with E-state index in [2.05, 4.69) is 19.8 Å². The van der Waals surface area contributed by atoms with Gasteiger partial charge in [0.05, 0.1) is 15.6 Å². The van der Waals surface area contributed by atoms with E-state index >= 15 is 0 Å². The van der Waals surface area contributed by atoms with Crippen molar-refractivity contribution < 1.29 is 27.4 Å². The molecule has 0 saturated heterocycles. The maximum absolute atomic E-state index is 13.2. The zero-order valence-electron chi connectivity index (χ0n) is 16.2. The Kier molecular flexibility index (Phi) is 6.62. The van der Waals surface area contributed by atoms with Gasteiger partial charge in [0.1, 0.15) is 11.6 Å². The normalized spacial score (nSPS) is 13.3. The minimum absolute atomic E-state index is 0.0388. The van der Waals surface area contributed by atoms with Crippen molar-refractivity contribution in [2.75, 3.05) is 5.32 Å². The summed E-state index contributed by atoms with van der Waals surface area (Å²) in [6.45, 7) is 4.00. The number of ether oxygens (including phenoxy) is 2. The molecule has 1 aliphatic heterocycles. The van der Waals surface area contributed by atoms with Crippen molar-refractivity contribution in [3.8, 4) is 22.6 Å². The van der Waals surface area contributed by atoms with Gasteiger partial charge in [-0.05, 0) is 36.4 Å².